The van der Waals surface area contributed by atoms with Gasteiger partial charge in [0.2, 0.25) is 0 Å². The number of phenols is 1. The summed E-state index contributed by atoms with van der Waals surface area (Å²) in [5.74, 6) is 0.934. The van der Waals surface area contributed by atoms with Crippen LogP contribution in [0.2, 0.25) is 11.1 Å². The molecule has 3 rings (SSSR count). The average Bonchev–Trinajstić information content (AvgIpc) is 2.60. The molecule has 0 amide bonds. The van der Waals surface area contributed by atoms with Crippen molar-refractivity contribution in [3.8, 4) is 5.75 Å². The Balaban J connectivity index is 0.000000174. The van der Waals surface area contributed by atoms with Gasteiger partial charge < -0.3 is 5.11 Å². The van der Waals surface area contributed by atoms with Gasteiger partial charge in [-0.3, -0.25) is 0 Å². The maximum absolute atomic E-state index is 8.89. The topological polar surface area (TPSA) is 20.2 Å². The minimum absolute atomic E-state index is 0.304. The number of alkyl halides is 1. The Labute approximate surface area is 149 Å². The lowest BCUT2D eigenvalue weighted by atomic mass is 9.99. The maximum atomic E-state index is 8.89. The molecule has 0 bridgehead atoms. The van der Waals surface area contributed by atoms with Gasteiger partial charge in [-0.25, -0.2) is 0 Å². The van der Waals surface area contributed by atoms with Crippen LogP contribution in [0.25, 0.3) is 0 Å². The van der Waals surface area contributed by atoms with Gasteiger partial charge in [-0.15, -0.1) is 11.6 Å². The van der Waals surface area contributed by atoms with E-state index in [9.17, 15) is 0 Å². The molecule has 0 radical (unpaired) electrons. The summed E-state index contributed by atoms with van der Waals surface area (Å²) < 4.78 is 0. The molecule has 0 unspecified atom stereocenters. The number of hydrogen-bond donors (Lipinski definition) is 1. The summed E-state index contributed by atoms with van der Waals surface area (Å²) in [4.78, 5) is 0. The fraction of sp³-hybridized carbons (Fsp3) is 0.700. The van der Waals surface area contributed by atoms with Gasteiger partial charge in [0, 0.05) is 15.4 Å². The van der Waals surface area contributed by atoms with Gasteiger partial charge in [0.25, 0.3) is 0 Å². The van der Waals surface area contributed by atoms with Crippen molar-refractivity contribution in [3.05, 3.63) is 29.8 Å². The Morgan fingerprint density at radius 3 is 1.74 bits per heavy atom. The monoisotopic (exact) mass is 352 g/mol. The summed E-state index contributed by atoms with van der Waals surface area (Å²) in [6.45, 7) is 0. The molecule has 3 heteroatoms. The largest absolute Gasteiger partial charge is 0.508 e. The molecule has 23 heavy (non-hydrogen) atoms. The highest BCUT2D eigenvalue weighted by molar-refractivity contribution is 6.39. The Hall–Kier alpha value is -0.473. The molecule has 2 aliphatic carbocycles. The third-order valence-electron chi connectivity index (χ3n) is 5.44. The van der Waals surface area contributed by atoms with Crippen molar-refractivity contribution in [1.29, 1.82) is 0 Å². The molecule has 2 fully saturated rings. The van der Waals surface area contributed by atoms with Crippen LogP contribution in [0.1, 0.15) is 69.8 Å². The van der Waals surface area contributed by atoms with Crippen molar-refractivity contribution in [2.45, 2.75) is 81.7 Å². The number of aromatic hydroxyl groups is 1. The molecule has 1 aromatic carbocycles. The molecule has 130 valence electrons. The van der Waals surface area contributed by atoms with Crippen LogP contribution in [0.4, 0.5) is 0 Å². The Morgan fingerprint density at radius 2 is 1.30 bits per heavy atom. The second-order valence-corrected chi connectivity index (χ2v) is 10.5. The molecule has 2 saturated carbocycles. The summed E-state index contributed by atoms with van der Waals surface area (Å²) >= 11 is 5.51. The smallest absolute Gasteiger partial charge is 0.115 e. The normalized spacial score (nSPS) is 19.9. The first-order valence-electron chi connectivity index (χ1n) is 9.62. The number of aryl methyl sites for hydroxylation is 1. The maximum Gasteiger partial charge on any atom is 0.115 e. The van der Waals surface area contributed by atoms with Gasteiger partial charge >= 0.3 is 0 Å². The van der Waals surface area contributed by atoms with Crippen LogP contribution in [-0.4, -0.2) is 20.5 Å². The third kappa shape index (κ3) is 7.76. The van der Waals surface area contributed by atoms with Gasteiger partial charge in [0.1, 0.15) is 5.75 Å². The number of phenolic OH excluding ortho intramolecular Hbond substituents is 1. The van der Waals surface area contributed by atoms with E-state index in [1.54, 1.807) is 63.5 Å². The summed E-state index contributed by atoms with van der Waals surface area (Å²) in [5.41, 5.74) is 3.68. The van der Waals surface area contributed by atoms with Crippen LogP contribution < -0.4 is 0 Å². The lowest BCUT2D eigenvalue weighted by Gasteiger charge is -2.28. The van der Waals surface area contributed by atoms with Crippen molar-refractivity contribution in [2.24, 2.45) is 0 Å². The van der Waals surface area contributed by atoms with E-state index in [4.69, 9.17) is 16.7 Å². The van der Waals surface area contributed by atoms with Gasteiger partial charge in [-0.05, 0) is 24.1 Å². The average molecular weight is 353 g/mol. The lowest BCUT2D eigenvalue weighted by Crippen LogP contribution is -2.16. The van der Waals surface area contributed by atoms with Crippen LogP contribution in [-0.2, 0) is 6.42 Å². The van der Waals surface area contributed by atoms with Crippen LogP contribution in [0, 0.1) is 0 Å². The molecule has 0 atom stereocenters. The van der Waals surface area contributed by atoms with Crippen molar-refractivity contribution < 1.29 is 5.11 Å². The fourth-order valence-electron chi connectivity index (χ4n) is 4.09. The van der Waals surface area contributed by atoms with Crippen LogP contribution >= 0.6 is 11.6 Å². The molecule has 0 aromatic heterocycles. The number of hydrogen-bond acceptors (Lipinski definition) is 1. The highest BCUT2D eigenvalue weighted by Gasteiger charge is 2.20. The van der Waals surface area contributed by atoms with E-state index in [1.165, 1.54) is 23.9 Å². The molecular formula is C20H33ClOSi. The van der Waals surface area contributed by atoms with Crippen molar-refractivity contribution in [1.82, 2.24) is 0 Å². The van der Waals surface area contributed by atoms with Gasteiger partial charge in [0.15, 0.2) is 0 Å². The minimum Gasteiger partial charge on any atom is -0.508 e. The van der Waals surface area contributed by atoms with E-state index in [1.807, 2.05) is 12.1 Å². The first kappa shape index (κ1) is 18.9. The highest BCUT2D eigenvalue weighted by Crippen LogP contribution is 2.36. The SMILES string of the molecule is C1CCC([SiH2]C2CCCCC2)CC1.Oc1ccc(CCCl)cc1. The summed E-state index contributed by atoms with van der Waals surface area (Å²) in [7, 11) is 0.320. The minimum atomic E-state index is 0.304. The quantitative estimate of drug-likeness (QED) is 0.533. The zero-order chi connectivity index (χ0) is 16.3. The fourth-order valence-corrected chi connectivity index (χ4v) is 7.35. The second kappa shape index (κ2) is 11.1. The van der Waals surface area contributed by atoms with E-state index in [0.29, 0.717) is 21.1 Å². The summed E-state index contributed by atoms with van der Waals surface area (Å²) in [5, 5.41) is 8.89. The molecule has 1 N–H and O–H groups in total. The number of rotatable bonds is 4. The molecule has 0 spiro atoms. The van der Waals surface area contributed by atoms with E-state index in [0.717, 1.165) is 12.0 Å². The zero-order valence-electron chi connectivity index (χ0n) is 14.5. The predicted octanol–water partition coefficient (Wildman–Crippen LogP) is 5.83. The molecule has 1 nitrogen and oxygen atoms in total. The van der Waals surface area contributed by atoms with Crippen LogP contribution in [0.15, 0.2) is 24.3 Å². The van der Waals surface area contributed by atoms with Crippen molar-refractivity contribution >= 4 is 21.1 Å². The lowest BCUT2D eigenvalue weighted by molar-refractivity contribution is 0.470. The number of halogens is 1. The first-order valence-corrected chi connectivity index (χ1v) is 11.8. The Kier molecular flexibility index (Phi) is 9.14. The number of benzene rings is 1. The first-order chi connectivity index (χ1) is 11.3. The van der Waals surface area contributed by atoms with Gasteiger partial charge in [0.05, 0.1) is 0 Å². The standard InChI is InChI=1S/C12H24Si.C8H9ClO/c1-3-7-11(8-4-1)13-12-9-5-2-6-10-12;9-6-5-7-1-3-8(10)4-2-7/h11-12H,1-10,13H2;1-4,10H,5-6H2. The van der Waals surface area contributed by atoms with Crippen LogP contribution in [0.3, 0.4) is 0 Å². The molecule has 0 heterocycles. The molecule has 0 saturated heterocycles. The van der Waals surface area contributed by atoms with Crippen molar-refractivity contribution in [2.75, 3.05) is 5.88 Å². The van der Waals surface area contributed by atoms with E-state index in [-0.39, 0.29) is 0 Å². The Morgan fingerprint density at radius 1 is 0.826 bits per heavy atom. The van der Waals surface area contributed by atoms with Crippen molar-refractivity contribution in [3.63, 3.8) is 0 Å². The summed E-state index contributed by atoms with van der Waals surface area (Å²) in [6, 6.07) is 7.08. The highest BCUT2D eigenvalue weighted by atomic mass is 35.5. The Bertz CT molecular complexity index is 392. The van der Waals surface area contributed by atoms with E-state index in [2.05, 4.69) is 0 Å². The second-order valence-electron chi connectivity index (χ2n) is 7.35. The van der Waals surface area contributed by atoms with Gasteiger partial charge in [-0.1, -0.05) is 87.4 Å². The third-order valence-corrected chi connectivity index (χ3v) is 8.59. The van der Waals surface area contributed by atoms with E-state index >= 15 is 0 Å². The van der Waals surface area contributed by atoms with E-state index < -0.39 is 0 Å². The zero-order valence-corrected chi connectivity index (χ0v) is 16.7. The molecule has 1 aromatic rings. The molecule has 2 aliphatic rings. The molecular weight excluding hydrogens is 320 g/mol. The molecule has 0 aliphatic heterocycles. The predicted molar refractivity (Wildman–Crippen MR) is 105 cm³/mol. The summed E-state index contributed by atoms with van der Waals surface area (Å²) in [6.07, 6.45) is 16.6. The van der Waals surface area contributed by atoms with Gasteiger partial charge in [-0.2, -0.15) is 0 Å². The van der Waals surface area contributed by atoms with Crippen LogP contribution in [0.5, 0.6) is 5.75 Å².